The van der Waals surface area contributed by atoms with Crippen LogP contribution in [0.15, 0.2) is 72.0 Å². The molecule has 0 bridgehead atoms. The van der Waals surface area contributed by atoms with Crippen LogP contribution in [-0.2, 0) is 0 Å². The SMILES string of the molecule is C=C/C=C\C(C(=C)C=C)=C1/CCCN(CCC)C1=C(C)C. The van der Waals surface area contributed by atoms with E-state index in [1.54, 1.807) is 0 Å². The maximum atomic E-state index is 4.16. The zero-order valence-electron chi connectivity index (χ0n) is 13.9. The molecule has 1 fully saturated rings. The molecule has 0 aromatic carbocycles. The molecule has 1 saturated heterocycles. The molecule has 21 heavy (non-hydrogen) atoms. The van der Waals surface area contributed by atoms with Gasteiger partial charge in [0.25, 0.3) is 0 Å². The number of hydrogen-bond donors (Lipinski definition) is 0. The molecule has 0 N–H and O–H groups in total. The molecule has 0 unspecified atom stereocenters. The van der Waals surface area contributed by atoms with Gasteiger partial charge in [-0.3, -0.25) is 0 Å². The molecule has 114 valence electrons. The summed E-state index contributed by atoms with van der Waals surface area (Å²) in [4.78, 5) is 2.52. The summed E-state index contributed by atoms with van der Waals surface area (Å²) in [5, 5.41) is 0. The van der Waals surface area contributed by atoms with Crippen molar-refractivity contribution in [2.45, 2.75) is 40.0 Å². The van der Waals surface area contributed by atoms with E-state index >= 15 is 0 Å². The third-order valence-corrected chi connectivity index (χ3v) is 3.74. The first-order valence-corrected chi connectivity index (χ1v) is 7.83. The van der Waals surface area contributed by atoms with Gasteiger partial charge >= 0.3 is 0 Å². The first-order valence-electron chi connectivity index (χ1n) is 7.83. The van der Waals surface area contributed by atoms with Crippen LogP contribution in [0.1, 0.15) is 40.0 Å². The molecule has 1 rings (SSSR count). The fraction of sp³-hybridized carbons (Fsp3) is 0.400. The molecule has 0 atom stereocenters. The van der Waals surface area contributed by atoms with Crippen LogP contribution in [-0.4, -0.2) is 18.0 Å². The van der Waals surface area contributed by atoms with Crippen LogP contribution in [0.25, 0.3) is 0 Å². The van der Waals surface area contributed by atoms with Gasteiger partial charge in [-0.25, -0.2) is 0 Å². The number of hydrogen-bond acceptors (Lipinski definition) is 1. The predicted octanol–water partition coefficient (Wildman–Crippen LogP) is 5.57. The standard InChI is InChI=1S/C20H29N/c1-7-10-12-18(17(6)9-3)19-13-11-15-21(14-8-2)20(19)16(4)5/h7,9-10,12H,1,3,6,8,11,13-15H2,2,4-5H3/b12-10-,19-18-. The van der Waals surface area contributed by atoms with Crippen molar-refractivity contribution in [3.63, 3.8) is 0 Å². The lowest BCUT2D eigenvalue weighted by Crippen LogP contribution is -2.31. The van der Waals surface area contributed by atoms with Crippen molar-refractivity contribution in [3.05, 3.63) is 72.0 Å². The molecule has 0 aromatic heterocycles. The monoisotopic (exact) mass is 283 g/mol. The van der Waals surface area contributed by atoms with E-state index in [0.29, 0.717) is 0 Å². The highest BCUT2D eigenvalue weighted by Gasteiger charge is 2.22. The molecule has 0 spiro atoms. The van der Waals surface area contributed by atoms with Gasteiger partial charge in [0, 0.05) is 18.8 Å². The molecule has 1 aliphatic rings. The van der Waals surface area contributed by atoms with Crippen molar-refractivity contribution in [3.8, 4) is 0 Å². The van der Waals surface area contributed by atoms with Gasteiger partial charge in [-0.05, 0) is 49.8 Å². The van der Waals surface area contributed by atoms with E-state index in [-0.39, 0.29) is 0 Å². The van der Waals surface area contributed by atoms with E-state index < -0.39 is 0 Å². The number of rotatable bonds is 6. The second kappa shape index (κ2) is 8.51. The van der Waals surface area contributed by atoms with Gasteiger partial charge in [0.05, 0.1) is 0 Å². The number of piperidine rings is 1. The summed E-state index contributed by atoms with van der Waals surface area (Å²) in [6, 6.07) is 0. The molecule has 1 aliphatic heterocycles. The molecule has 1 heterocycles. The van der Waals surface area contributed by atoms with Crippen LogP contribution in [0.2, 0.25) is 0 Å². The first-order chi connectivity index (χ1) is 10.1. The van der Waals surface area contributed by atoms with Crippen molar-refractivity contribution in [1.82, 2.24) is 4.90 Å². The number of allylic oxidation sites excluding steroid dienone is 8. The van der Waals surface area contributed by atoms with E-state index in [1.807, 2.05) is 18.2 Å². The van der Waals surface area contributed by atoms with Gasteiger partial charge in [0.2, 0.25) is 0 Å². The summed E-state index contributed by atoms with van der Waals surface area (Å²) in [6.07, 6.45) is 11.2. The zero-order valence-corrected chi connectivity index (χ0v) is 13.9. The summed E-state index contributed by atoms with van der Waals surface area (Å²) in [5.41, 5.74) is 6.36. The third kappa shape index (κ3) is 4.35. The van der Waals surface area contributed by atoms with Crippen LogP contribution in [0.5, 0.6) is 0 Å². The van der Waals surface area contributed by atoms with Gasteiger partial charge in [-0.15, -0.1) is 0 Å². The van der Waals surface area contributed by atoms with Crippen molar-refractivity contribution < 1.29 is 0 Å². The zero-order chi connectivity index (χ0) is 15.8. The fourth-order valence-corrected chi connectivity index (χ4v) is 2.92. The quantitative estimate of drug-likeness (QED) is 0.576. The smallest absolute Gasteiger partial charge is 0.0391 e. The normalized spacial score (nSPS) is 17.9. The summed E-state index contributed by atoms with van der Waals surface area (Å²) in [7, 11) is 0. The second-order valence-corrected chi connectivity index (χ2v) is 5.66. The Balaban J connectivity index is 3.42. The van der Waals surface area contributed by atoms with Crippen LogP contribution < -0.4 is 0 Å². The summed E-state index contributed by atoms with van der Waals surface area (Å²) in [5.74, 6) is 0. The van der Waals surface area contributed by atoms with E-state index in [2.05, 4.69) is 51.5 Å². The average molecular weight is 283 g/mol. The van der Waals surface area contributed by atoms with Gasteiger partial charge in [-0.2, -0.15) is 0 Å². The Labute approximate surface area is 130 Å². The Morgan fingerprint density at radius 3 is 2.52 bits per heavy atom. The first kappa shape index (κ1) is 17.3. The number of nitrogens with zero attached hydrogens (tertiary/aromatic N) is 1. The summed E-state index contributed by atoms with van der Waals surface area (Å²) >= 11 is 0. The van der Waals surface area contributed by atoms with Crippen molar-refractivity contribution >= 4 is 0 Å². The maximum absolute atomic E-state index is 4.16. The molecule has 1 nitrogen and oxygen atoms in total. The lowest BCUT2D eigenvalue weighted by molar-refractivity contribution is 0.317. The topological polar surface area (TPSA) is 3.24 Å². The lowest BCUT2D eigenvalue weighted by atomic mass is 9.89. The second-order valence-electron chi connectivity index (χ2n) is 5.66. The lowest BCUT2D eigenvalue weighted by Gasteiger charge is -2.36. The molecule has 0 aromatic rings. The summed E-state index contributed by atoms with van der Waals surface area (Å²) in [6.45, 7) is 20.7. The average Bonchev–Trinajstić information content (AvgIpc) is 2.47. The molecule has 0 saturated carbocycles. The number of likely N-dealkylation sites (tertiary alicyclic amines) is 1. The molecular weight excluding hydrogens is 254 g/mol. The minimum atomic E-state index is 0.986. The van der Waals surface area contributed by atoms with Crippen molar-refractivity contribution in [1.29, 1.82) is 0 Å². The van der Waals surface area contributed by atoms with E-state index in [9.17, 15) is 0 Å². The van der Waals surface area contributed by atoms with Crippen LogP contribution in [0.3, 0.4) is 0 Å². The highest BCUT2D eigenvalue weighted by Crippen LogP contribution is 2.34. The van der Waals surface area contributed by atoms with Gasteiger partial charge < -0.3 is 4.90 Å². The highest BCUT2D eigenvalue weighted by atomic mass is 15.1. The Bertz CT molecular complexity index is 494. The Morgan fingerprint density at radius 2 is 2.00 bits per heavy atom. The minimum absolute atomic E-state index is 0.986. The van der Waals surface area contributed by atoms with E-state index in [0.717, 1.165) is 25.1 Å². The van der Waals surface area contributed by atoms with Crippen LogP contribution in [0.4, 0.5) is 0 Å². The van der Waals surface area contributed by atoms with Crippen LogP contribution >= 0.6 is 0 Å². The maximum Gasteiger partial charge on any atom is 0.0391 e. The Kier molecular flexibility index (Phi) is 7.01. The molecule has 1 heteroatoms. The minimum Gasteiger partial charge on any atom is -0.371 e. The molecule has 0 amide bonds. The largest absolute Gasteiger partial charge is 0.371 e. The van der Waals surface area contributed by atoms with Gasteiger partial charge in [0.1, 0.15) is 0 Å². The van der Waals surface area contributed by atoms with Crippen LogP contribution in [0, 0.1) is 0 Å². The Morgan fingerprint density at radius 1 is 1.29 bits per heavy atom. The molecule has 0 radical (unpaired) electrons. The third-order valence-electron chi connectivity index (χ3n) is 3.74. The fourth-order valence-electron chi connectivity index (χ4n) is 2.92. The van der Waals surface area contributed by atoms with Crippen molar-refractivity contribution in [2.75, 3.05) is 13.1 Å². The molecule has 0 aliphatic carbocycles. The molecular formula is C20H29N. The summed E-state index contributed by atoms with van der Waals surface area (Å²) < 4.78 is 0. The van der Waals surface area contributed by atoms with E-state index in [4.69, 9.17) is 0 Å². The predicted molar refractivity (Wildman–Crippen MR) is 95.2 cm³/mol. The van der Waals surface area contributed by atoms with Gasteiger partial charge in [0.15, 0.2) is 0 Å². The Hall–Kier alpha value is -1.76. The van der Waals surface area contributed by atoms with E-state index in [1.165, 1.54) is 35.3 Å². The van der Waals surface area contributed by atoms with Crippen molar-refractivity contribution in [2.24, 2.45) is 0 Å². The van der Waals surface area contributed by atoms with Gasteiger partial charge in [-0.1, -0.05) is 56.5 Å². The highest BCUT2D eigenvalue weighted by molar-refractivity contribution is 5.54.